The summed E-state index contributed by atoms with van der Waals surface area (Å²) in [5.74, 6) is 0.106. The molecule has 190 valence electrons. The van der Waals surface area contributed by atoms with Crippen LogP contribution in [0.2, 0.25) is 5.02 Å². The van der Waals surface area contributed by atoms with E-state index in [1.807, 2.05) is 35.2 Å². The second-order valence-electron chi connectivity index (χ2n) is 9.83. The van der Waals surface area contributed by atoms with Gasteiger partial charge in [0.15, 0.2) is 5.76 Å². The Morgan fingerprint density at radius 2 is 1.76 bits per heavy atom. The van der Waals surface area contributed by atoms with Crippen LogP contribution in [0.15, 0.2) is 78.6 Å². The van der Waals surface area contributed by atoms with Crippen molar-refractivity contribution in [3.05, 3.63) is 111 Å². The largest absolute Gasteiger partial charge is 0.482 e. The lowest BCUT2D eigenvalue weighted by molar-refractivity contribution is -0.149. The molecule has 1 saturated heterocycles. The zero-order valence-corrected chi connectivity index (χ0v) is 21.7. The number of carbonyl (C=O) groups excluding carboxylic acids is 2. The molecule has 5 nitrogen and oxygen atoms in total. The summed E-state index contributed by atoms with van der Waals surface area (Å²) in [4.78, 5) is 28.1. The first kappa shape index (κ1) is 25.1. The molecule has 0 spiro atoms. The number of ether oxygens (including phenoxy) is 1. The summed E-state index contributed by atoms with van der Waals surface area (Å²) in [5.41, 5.74) is 4.54. The summed E-state index contributed by atoms with van der Waals surface area (Å²) in [7, 11) is 0. The van der Waals surface area contributed by atoms with Gasteiger partial charge in [0, 0.05) is 23.7 Å². The standard InChI is InChI=1S/C31H31ClN2O3/c1-21-10-12-23(13-11-21)20-34-27-8-4-5-9-28(27)37-29(31(34)36)18-22-14-16-24(17-15-22)30(35)33-19-25-6-2-3-7-26(25)32/h2-3,6-7,10-18,27-28H,4-5,8-9,19-20H2,1H3,(H,33,35)/b29-18+. The van der Waals surface area contributed by atoms with Gasteiger partial charge in [-0.05, 0) is 67.2 Å². The van der Waals surface area contributed by atoms with Gasteiger partial charge in [0.2, 0.25) is 0 Å². The van der Waals surface area contributed by atoms with Gasteiger partial charge in [0.25, 0.3) is 11.8 Å². The summed E-state index contributed by atoms with van der Waals surface area (Å²) in [6, 6.07) is 23.1. The highest BCUT2D eigenvalue weighted by Crippen LogP contribution is 2.34. The fraction of sp³-hybridized carbons (Fsp3) is 0.290. The lowest BCUT2D eigenvalue weighted by Crippen LogP contribution is -2.54. The Hall–Kier alpha value is -3.57. The van der Waals surface area contributed by atoms with Gasteiger partial charge in [-0.3, -0.25) is 9.59 Å². The second kappa shape index (κ2) is 11.2. The topological polar surface area (TPSA) is 58.6 Å². The average molecular weight is 515 g/mol. The Bertz CT molecular complexity index is 1300. The normalized spacial score (nSPS) is 20.3. The van der Waals surface area contributed by atoms with E-state index in [0.717, 1.165) is 42.4 Å². The van der Waals surface area contributed by atoms with E-state index in [1.165, 1.54) is 5.56 Å². The maximum Gasteiger partial charge on any atom is 0.289 e. The van der Waals surface area contributed by atoms with Crippen LogP contribution in [-0.2, 0) is 22.6 Å². The first-order valence-electron chi connectivity index (χ1n) is 12.8. The van der Waals surface area contributed by atoms with Crippen molar-refractivity contribution in [2.75, 3.05) is 0 Å². The van der Waals surface area contributed by atoms with Gasteiger partial charge in [-0.2, -0.15) is 0 Å². The Kier molecular flexibility index (Phi) is 7.61. The minimum absolute atomic E-state index is 0.0120. The number of hydrogen-bond acceptors (Lipinski definition) is 3. The molecule has 2 aliphatic rings. The van der Waals surface area contributed by atoms with Crippen molar-refractivity contribution in [3.63, 3.8) is 0 Å². The van der Waals surface area contributed by atoms with Crippen molar-refractivity contribution >= 4 is 29.5 Å². The Morgan fingerprint density at radius 1 is 1.03 bits per heavy atom. The smallest absolute Gasteiger partial charge is 0.289 e. The van der Waals surface area contributed by atoms with Crippen LogP contribution in [0.4, 0.5) is 0 Å². The highest BCUT2D eigenvalue weighted by atomic mass is 35.5. The van der Waals surface area contributed by atoms with Gasteiger partial charge < -0.3 is 15.0 Å². The van der Waals surface area contributed by atoms with Crippen molar-refractivity contribution in [2.24, 2.45) is 0 Å². The lowest BCUT2D eigenvalue weighted by atomic mass is 9.89. The van der Waals surface area contributed by atoms with E-state index in [0.29, 0.717) is 29.4 Å². The van der Waals surface area contributed by atoms with Crippen LogP contribution in [-0.4, -0.2) is 28.9 Å². The highest BCUT2D eigenvalue weighted by molar-refractivity contribution is 6.31. The van der Waals surface area contributed by atoms with Gasteiger partial charge in [-0.15, -0.1) is 0 Å². The van der Waals surface area contributed by atoms with E-state index in [1.54, 1.807) is 24.3 Å². The molecule has 3 aromatic carbocycles. The third-order valence-electron chi connectivity index (χ3n) is 7.16. The molecule has 2 atom stereocenters. The van der Waals surface area contributed by atoms with Gasteiger partial charge in [0.05, 0.1) is 6.04 Å². The molecule has 6 heteroatoms. The lowest BCUT2D eigenvalue weighted by Gasteiger charge is -2.44. The van der Waals surface area contributed by atoms with Crippen LogP contribution in [0, 0.1) is 6.92 Å². The molecule has 1 aliphatic carbocycles. The fourth-order valence-corrected chi connectivity index (χ4v) is 5.26. The number of morpholine rings is 1. The number of nitrogens with one attached hydrogen (secondary N) is 1. The van der Waals surface area contributed by atoms with Gasteiger partial charge in [-0.1, -0.05) is 78.2 Å². The molecule has 3 aromatic rings. The first-order valence-corrected chi connectivity index (χ1v) is 13.2. The van der Waals surface area contributed by atoms with E-state index in [-0.39, 0.29) is 24.0 Å². The number of hydrogen-bond donors (Lipinski definition) is 1. The number of nitrogens with zero attached hydrogens (tertiary/aromatic N) is 1. The van der Waals surface area contributed by atoms with Crippen molar-refractivity contribution in [1.82, 2.24) is 10.2 Å². The maximum absolute atomic E-state index is 13.5. The van der Waals surface area contributed by atoms with Crippen LogP contribution < -0.4 is 5.32 Å². The molecule has 1 saturated carbocycles. The molecule has 1 N–H and O–H groups in total. The molecule has 0 aromatic heterocycles. The van der Waals surface area contributed by atoms with Crippen molar-refractivity contribution in [3.8, 4) is 0 Å². The monoisotopic (exact) mass is 514 g/mol. The number of amides is 2. The molecule has 37 heavy (non-hydrogen) atoms. The fourth-order valence-electron chi connectivity index (χ4n) is 5.05. The van der Waals surface area contributed by atoms with Crippen LogP contribution in [0.3, 0.4) is 0 Å². The summed E-state index contributed by atoms with van der Waals surface area (Å²) in [6.45, 7) is 2.99. The third kappa shape index (κ3) is 5.89. The Labute approximate surface area is 223 Å². The summed E-state index contributed by atoms with van der Waals surface area (Å²) in [5, 5.41) is 3.53. The van der Waals surface area contributed by atoms with Crippen molar-refractivity contribution in [2.45, 2.75) is 57.8 Å². The van der Waals surface area contributed by atoms with E-state index < -0.39 is 0 Å². The molecule has 1 heterocycles. The molecule has 0 bridgehead atoms. The molecule has 5 rings (SSSR count). The number of rotatable bonds is 6. The molecular weight excluding hydrogens is 484 g/mol. The van der Waals surface area contributed by atoms with Gasteiger partial charge >= 0.3 is 0 Å². The summed E-state index contributed by atoms with van der Waals surface area (Å²) in [6.07, 6.45) is 5.94. The zero-order valence-electron chi connectivity index (χ0n) is 21.0. The Balaban J connectivity index is 1.30. The van der Waals surface area contributed by atoms with Gasteiger partial charge in [-0.25, -0.2) is 0 Å². The number of halogens is 1. The molecule has 2 unspecified atom stereocenters. The minimum atomic E-state index is -0.182. The molecular formula is C31H31ClN2O3. The molecule has 1 aliphatic heterocycles. The molecule has 2 amide bonds. The quantitative estimate of drug-likeness (QED) is 0.393. The predicted octanol–water partition coefficient (Wildman–Crippen LogP) is 6.29. The number of aryl methyl sites for hydroxylation is 1. The third-order valence-corrected chi connectivity index (χ3v) is 7.53. The number of benzene rings is 3. The van der Waals surface area contributed by atoms with Crippen LogP contribution >= 0.6 is 11.6 Å². The predicted molar refractivity (Wildman–Crippen MR) is 146 cm³/mol. The van der Waals surface area contributed by atoms with Crippen LogP contribution in [0.25, 0.3) is 6.08 Å². The maximum atomic E-state index is 13.5. The van der Waals surface area contributed by atoms with E-state index in [4.69, 9.17) is 16.3 Å². The SMILES string of the molecule is Cc1ccc(CN2C(=O)/C(=C\c3ccc(C(=O)NCc4ccccc4Cl)cc3)OC3CCCCC32)cc1. The average Bonchev–Trinajstić information content (AvgIpc) is 2.92. The van der Waals surface area contributed by atoms with Crippen molar-refractivity contribution in [1.29, 1.82) is 0 Å². The van der Waals surface area contributed by atoms with Gasteiger partial charge in [0.1, 0.15) is 6.10 Å². The van der Waals surface area contributed by atoms with E-state index in [2.05, 4.69) is 36.5 Å². The zero-order chi connectivity index (χ0) is 25.8. The van der Waals surface area contributed by atoms with Crippen LogP contribution in [0.1, 0.15) is 58.3 Å². The van der Waals surface area contributed by atoms with E-state index >= 15 is 0 Å². The van der Waals surface area contributed by atoms with Crippen molar-refractivity contribution < 1.29 is 14.3 Å². The van der Waals surface area contributed by atoms with Crippen LogP contribution in [0.5, 0.6) is 0 Å². The highest BCUT2D eigenvalue weighted by Gasteiger charge is 2.41. The number of fused-ring (bicyclic) bond motifs is 1. The number of carbonyl (C=O) groups is 2. The molecule has 0 radical (unpaired) electrons. The summed E-state index contributed by atoms with van der Waals surface area (Å²) >= 11 is 6.18. The molecule has 2 fully saturated rings. The second-order valence-corrected chi connectivity index (χ2v) is 10.2. The van der Waals surface area contributed by atoms with E-state index in [9.17, 15) is 9.59 Å². The minimum Gasteiger partial charge on any atom is -0.482 e. The first-order chi connectivity index (χ1) is 18.0. The summed E-state index contributed by atoms with van der Waals surface area (Å²) < 4.78 is 6.25. The Morgan fingerprint density at radius 3 is 2.51 bits per heavy atom.